The molecule has 0 atom stereocenters. The topological polar surface area (TPSA) is 72.5 Å². The van der Waals surface area contributed by atoms with E-state index < -0.39 is 15.6 Å². The number of esters is 1. The highest BCUT2D eigenvalue weighted by Crippen LogP contribution is 2.12. The Hall–Kier alpha value is -1.40. The first-order valence-corrected chi connectivity index (χ1v) is 9.43. The van der Waals surface area contributed by atoms with Gasteiger partial charge in [0.2, 0.25) is 10.0 Å². The number of sulfonamides is 1. The second-order valence-electron chi connectivity index (χ2n) is 6.48. The summed E-state index contributed by atoms with van der Waals surface area (Å²) >= 11 is 0. The van der Waals surface area contributed by atoms with Crippen LogP contribution in [0.25, 0.3) is 0 Å². The molecule has 0 saturated carbocycles. The number of carbonyl (C=O) groups excluding carboxylic acids is 1. The average Bonchev–Trinajstić information content (AvgIpc) is 2.43. The SMILES string of the molecule is CCCc1ccc(S(=O)(=O)NCCCC(=O)OC(C)(C)C)cc1. The van der Waals surface area contributed by atoms with Gasteiger partial charge in [0.15, 0.2) is 0 Å². The van der Waals surface area contributed by atoms with Crippen LogP contribution < -0.4 is 4.72 Å². The molecule has 0 heterocycles. The highest BCUT2D eigenvalue weighted by molar-refractivity contribution is 7.89. The van der Waals surface area contributed by atoms with Gasteiger partial charge >= 0.3 is 5.97 Å². The zero-order valence-corrected chi connectivity index (χ0v) is 15.2. The number of ether oxygens (including phenoxy) is 1. The molecular formula is C17H27NO4S. The van der Waals surface area contributed by atoms with Crippen LogP contribution in [0.15, 0.2) is 29.2 Å². The van der Waals surface area contributed by atoms with E-state index >= 15 is 0 Å². The molecule has 1 N–H and O–H groups in total. The van der Waals surface area contributed by atoms with Crippen molar-refractivity contribution in [1.82, 2.24) is 4.72 Å². The molecule has 1 aromatic carbocycles. The molecule has 0 aliphatic carbocycles. The van der Waals surface area contributed by atoms with E-state index in [4.69, 9.17) is 4.74 Å². The third-order valence-electron chi connectivity index (χ3n) is 3.04. The molecule has 0 spiro atoms. The number of carbonyl (C=O) groups is 1. The molecule has 0 radical (unpaired) electrons. The highest BCUT2D eigenvalue weighted by Gasteiger charge is 2.17. The van der Waals surface area contributed by atoms with E-state index in [0.29, 0.717) is 6.42 Å². The minimum absolute atomic E-state index is 0.190. The predicted molar refractivity (Wildman–Crippen MR) is 90.7 cm³/mol. The van der Waals surface area contributed by atoms with Crippen molar-refractivity contribution in [2.45, 2.75) is 63.9 Å². The first kappa shape index (κ1) is 19.6. The lowest BCUT2D eigenvalue weighted by atomic mass is 10.1. The highest BCUT2D eigenvalue weighted by atomic mass is 32.2. The largest absolute Gasteiger partial charge is 0.460 e. The van der Waals surface area contributed by atoms with Crippen molar-refractivity contribution in [2.24, 2.45) is 0 Å². The van der Waals surface area contributed by atoms with E-state index in [1.165, 1.54) is 0 Å². The van der Waals surface area contributed by atoms with Gasteiger partial charge in [-0.1, -0.05) is 25.5 Å². The number of aryl methyl sites for hydroxylation is 1. The average molecular weight is 341 g/mol. The second kappa shape index (κ2) is 8.45. The van der Waals surface area contributed by atoms with Crippen molar-refractivity contribution in [2.75, 3.05) is 6.54 Å². The lowest BCUT2D eigenvalue weighted by Gasteiger charge is -2.19. The van der Waals surface area contributed by atoms with Crippen LogP contribution in [-0.4, -0.2) is 26.5 Å². The van der Waals surface area contributed by atoms with Crippen LogP contribution in [0.4, 0.5) is 0 Å². The van der Waals surface area contributed by atoms with E-state index in [9.17, 15) is 13.2 Å². The zero-order valence-electron chi connectivity index (χ0n) is 14.4. The Morgan fingerprint density at radius 2 is 1.78 bits per heavy atom. The number of hydrogen-bond donors (Lipinski definition) is 1. The summed E-state index contributed by atoms with van der Waals surface area (Å²) < 4.78 is 32.0. The minimum Gasteiger partial charge on any atom is -0.460 e. The first-order chi connectivity index (χ1) is 10.6. The van der Waals surface area contributed by atoms with Gasteiger partial charge in [0.05, 0.1) is 4.90 Å². The molecule has 130 valence electrons. The van der Waals surface area contributed by atoms with Crippen LogP contribution in [0.3, 0.4) is 0 Å². The van der Waals surface area contributed by atoms with Crippen LogP contribution in [0, 0.1) is 0 Å². The standard InChI is InChI=1S/C17H27NO4S/c1-5-7-14-9-11-15(12-10-14)23(20,21)18-13-6-8-16(19)22-17(2,3)4/h9-12,18H,5-8,13H2,1-4H3. The maximum Gasteiger partial charge on any atom is 0.306 e. The van der Waals surface area contributed by atoms with Gasteiger partial charge in [-0.2, -0.15) is 0 Å². The molecule has 6 heteroatoms. The Labute approximate surface area is 139 Å². The van der Waals surface area contributed by atoms with Crippen LogP contribution in [-0.2, 0) is 26.0 Å². The molecule has 0 aliphatic heterocycles. The van der Waals surface area contributed by atoms with E-state index in [-0.39, 0.29) is 23.8 Å². The summed E-state index contributed by atoms with van der Waals surface area (Å²) in [5, 5.41) is 0. The summed E-state index contributed by atoms with van der Waals surface area (Å²) in [6.45, 7) is 7.69. The van der Waals surface area contributed by atoms with Gasteiger partial charge < -0.3 is 4.74 Å². The molecule has 0 aliphatic rings. The van der Waals surface area contributed by atoms with Gasteiger partial charge in [-0.25, -0.2) is 13.1 Å². The van der Waals surface area contributed by atoms with Crippen LogP contribution in [0.5, 0.6) is 0 Å². The van der Waals surface area contributed by atoms with Crippen molar-refractivity contribution >= 4 is 16.0 Å². The summed E-state index contributed by atoms with van der Waals surface area (Å²) in [5.41, 5.74) is 0.605. The Morgan fingerprint density at radius 3 is 2.30 bits per heavy atom. The maximum absolute atomic E-state index is 12.1. The number of rotatable bonds is 8. The van der Waals surface area contributed by atoms with Gasteiger partial charge in [0.1, 0.15) is 5.60 Å². The molecule has 0 bridgehead atoms. The van der Waals surface area contributed by atoms with Crippen molar-refractivity contribution in [3.8, 4) is 0 Å². The van der Waals surface area contributed by atoms with Crippen LogP contribution in [0.1, 0.15) is 52.5 Å². The van der Waals surface area contributed by atoms with E-state index in [2.05, 4.69) is 11.6 Å². The molecular weight excluding hydrogens is 314 g/mol. The van der Waals surface area contributed by atoms with Crippen LogP contribution in [0.2, 0.25) is 0 Å². The maximum atomic E-state index is 12.1. The van der Waals surface area contributed by atoms with Crippen molar-refractivity contribution in [3.63, 3.8) is 0 Å². The van der Waals surface area contributed by atoms with Crippen molar-refractivity contribution in [3.05, 3.63) is 29.8 Å². The van der Waals surface area contributed by atoms with Gasteiger partial charge in [-0.3, -0.25) is 4.79 Å². The molecule has 0 unspecified atom stereocenters. The van der Waals surface area contributed by atoms with E-state index in [1.807, 2.05) is 12.1 Å². The van der Waals surface area contributed by atoms with Crippen molar-refractivity contribution < 1.29 is 17.9 Å². The fourth-order valence-electron chi connectivity index (χ4n) is 2.04. The van der Waals surface area contributed by atoms with E-state index in [0.717, 1.165) is 18.4 Å². The van der Waals surface area contributed by atoms with Gasteiger partial charge in [0.25, 0.3) is 0 Å². The first-order valence-electron chi connectivity index (χ1n) is 7.94. The monoisotopic (exact) mass is 341 g/mol. The molecule has 0 aromatic heterocycles. The predicted octanol–water partition coefficient (Wildman–Crippen LogP) is 3.04. The third-order valence-corrected chi connectivity index (χ3v) is 4.52. The summed E-state index contributed by atoms with van der Waals surface area (Å²) in [7, 11) is -3.53. The van der Waals surface area contributed by atoms with Crippen molar-refractivity contribution in [1.29, 1.82) is 0 Å². The zero-order chi connectivity index (χ0) is 17.5. The lowest BCUT2D eigenvalue weighted by Crippen LogP contribution is -2.27. The van der Waals surface area contributed by atoms with Gasteiger partial charge in [0, 0.05) is 13.0 Å². The quantitative estimate of drug-likeness (QED) is 0.583. The minimum atomic E-state index is -3.53. The normalized spacial score (nSPS) is 12.2. The van der Waals surface area contributed by atoms with Gasteiger partial charge in [-0.15, -0.1) is 0 Å². The summed E-state index contributed by atoms with van der Waals surface area (Å²) in [6, 6.07) is 6.89. The number of nitrogens with one attached hydrogen (secondary N) is 1. The third kappa shape index (κ3) is 7.61. The lowest BCUT2D eigenvalue weighted by molar-refractivity contribution is -0.154. The van der Waals surface area contributed by atoms with E-state index in [1.54, 1.807) is 32.9 Å². The Kier molecular flexibility index (Phi) is 7.22. The molecule has 23 heavy (non-hydrogen) atoms. The fraction of sp³-hybridized carbons (Fsp3) is 0.588. The molecule has 1 rings (SSSR count). The molecule has 5 nitrogen and oxygen atoms in total. The molecule has 0 amide bonds. The summed E-state index contributed by atoms with van der Waals surface area (Å²) in [6.07, 6.45) is 2.55. The molecule has 0 saturated heterocycles. The summed E-state index contributed by atoms with van der Waals surface area (Å²) in [4.78, 5) is 11.8. The Morgan fingerprint density at radius 1 is 1.17 bits per heavy atom. The van der Waals surface area contributed by atoms with Crippen LogP contribution >= 0.6 is 0 Å². The number of hydrogen-bond acceptors (Lipinski definition) is 4. The number of benzene rings is 1. The molecule has 1 aromatic rings. The fourth-order valence-corrected chi connectivity index (χ4v) is 3.11. The smallest absolute Gasteiger partial charge is 0.306 e. The van der Waals surface area contributed by atoms with Gasteiger partial charge in [-0.05, 0) is 51.3 Å². The molecule has 0 fully saturated rings. The Balaban J connectivity index is 2.45. The second-order valence-corrected chi connectivity index (χ2v) is 8.25. The Bertz CT molecular complexity index is 600. The summed E-state index contributed by atoms with van der Waals surface area (Å²) in [5.74, 6) is -0.319.